The number of hydrogen-bond acceptors (Lipinski definition) is 3. The van der Waals surface area contributed by atoms with Crippen LogP contribution in [0.1, 0.15) is 0 Å². The first-order valence-electron chi connectivity index (χ1n) is 9.71. The lowest BCUT2D eigenvalue weighted by Gasteiger charge is -2.10. The zero-order chi connectivity index (χ0) is 20.1. The molecule has 0 fully saturated rings. The summed E-state index contributed by atoms with van der Waals surface area (Å²) in [5.41, 5.74) is 4.09. The second kappa shape index (κ2) is 7.01. The Balaban J connectivity index is 1.70. The molecule has 4 aromatic carbocycles. The van der Waals surface area contributed by atoms with Gasteiger partial charge in [-0.2, -0.15) is 0 Å². The van der Waals surface area contributed by atoms with E-state index in [9.17, 15) is 0 Å². The summed E-state index contributed by atoms with van der Waals surface area (Å²) in [6.45, 7) is 0. The molecule has 0 radical (unpaired) electrons. The molecule has 0 aliphatic rings. The molecular formula is C26H15BrN2S. The molecule has 0 unspecified atom stereocenters. The summed E-state index contributed by atoms with van der Waals surface area (Å²) in [6, 6.07) is 31.5. The quantitative estimate of drug-likeness (QED) is 0.257. The maximum Gasteiger partial charge on any atom is 0.160 e. The zero-order valence-corrected chi connectivity index (χ0v) is 18.2. The van der Waals surface area contributed by atoms with Gasteiger partial charge in [0.2, 0.25) is 0 Å². The van der Waals surface area contributed by atoms with E-state index in [2.05, 4.69) is 88.7 Å². The van der Waals surface area contributed by atoms with E-state index in [-0.39, 0.29) is 0 Å². The molecule has 0 atom stereocenters. The van der Waals surface area contributed by atoms with E-state index in [1.54, 1.807) is 0 Å². The molecule has 0 amide bonds. The highest BCUT2D eigenvalue weighted by atomic mass is 79.9. The van der Waals surface area contributed by atoms with Crippen LogP contribution in [0.5, 0.6) is 0 Å². The average Bonchev–Trinajstić information content (AvgIpc) is 3.17. The largest absolute Gasteiger partial charge is 0.228 e. The van der Waals surface area contributed by atoms with Crippen molar-refractivity contribution in [1.29, 1.82) is 0 Å². The Labute approximate surface area is 186 Å². The molecule has 0 bridgehead atoms. The number of para-hydroxylation sites is 1. The average molecular weight is 467 g/mol. The number of thiophene rings is 1. The minimum absolute atomic E-state index is 0.739. The lowest BCUT2D eigenvalue weighted by molar-refractivity contribution is 1.23. The molecule has 2 nitrogen and oxygen atoms in total. The molecule has 0 saturated carbocycles. The number of hydrogen-bond donors (Lipinski definition) is 0. The van der Waals surface area contributed by atoms with Crippen molar-refractivity contribution in [3.8, 4) is 22.6 Å². The van der Waals surface area contributed by atoms with Crippen molar-refractivity contribution in [2.24, 2.45) is 0 Å². The van der Waals surface area contributed by atoms with E-state index in [4.69, 9.17) is 9.97 Å². The van der Waals surface area contributed by atoms with Crippen LogP contribution in [0, 0.1) is 0 Å². The fourth-order valence-electron chi connectivity index (χ4n) is 3.97. The predicted molar refractivity (Wildman–Crippen MR) is 131 cm³/mol. The maximum absolute atomic E-state index is 5.08. The van der Waals surface area contributed by atoms with Gasteiger partial charge in [-0.3, -0.25) is 0 Å². The van der Waals surface area contributed by atoms with Gasteiger partial charge in [0, 0.05) is 41.2 Å². The Morgan fingerprint density at radius 3 is 2.33 bits per heavy atom. The molecule has 0 saturated heterocycles. The van der Waals surface area contributed by atoms with E-state index in [1.165, 1.54) is 20.2 Å². The van der Waals surface area contributed by atoms with Crippen LogP contribution in [-0.4, -0.2) is 9.97 Å². The molecular weight excluding hydrogens is 452 g/mol. The van der Waals surface area contributed by atoms with Gasteiger partial charge in [-0.25, -0.2) is 9.97 Å². The molecule has 142 valence electrons. The third-order valence-corrected chi connectivity index (χ3v) is 7.06. The van der Waals surface area contributed by atoms with Gasteiger partial charge in [0.25, 0.3) is 0 Å². The van der Waals surface area contributed by atoms with E-state index in [0.29, 0.717) is 0 Å². The standard InChI is InChI=1S/C26H15BrN2S/c27-17-8-5-7-16(15-17)26-28-22-13-3-1-10-20(22)24(29-26)21-12-6-11-19-18-9-2-4-14-23(18)30-25(19)21/h1-15H. The molecule has 6 rings (SSSR count). The van der Waals surface area contributed by atoms with Crippen molar-refractivity contribution in [2.45, 2.75) is 0 Å². The van der Waals surface area contributed by atoms with Gasteiger partial charge in [0.05, 0.1) is 11.2 Å². The third-order valence-electron chi connectivity index (χ3n) is 5.35. The van der Waals surface area contributed by atoms with Crippen LogP contribution in [-0.2, 0) is 0 Å². The van der Waals surface area contributed by atoms with E-state index in [1.807, 2.05) is 29.5 Å². The summed E-state index contributed by atoms with van der Waals surface area (Å²) in [4.78, 5) is 9.94. The first-order chi connectivity index (χ1) is 14.8. The molecule has 0 aliphatic carbocycles. The monoisotopic (exact) mass is 466 g/mol. The van der Waals surface area contributed by atoms with Gasteiger partial charge in [-0.05, 0) is 24.3 Å². The summed E-state index contributed by atoms with van der Waals surface area (Å²) in [5.74, 6) is 0.739. The van der Waals surface area contributed by atoms with Crippen LogP contribution in [0.25, 0.3) is 53.7 Å². The fraction of sp³-hybridized carbons (Fsp3) is 0. The topological polar surface area (TPSA) is 25.8 Å². The van der Waals surface area contributed by atoms with Gasteiger partial charge in [-0.1, -0.05) is 82.7 Å². The van der Waals surface area contributed by atoms with E-state index < -0.39 is 0 Å². The SMILES string of the molecule is Brc1cccc(-c2nc(-c3cccc4c3sc3ccccc34)c3ccccc3n2)c1. The molecule has 6 aromatic rings. The first kappa shape index (κ1) is 17.8. The molecule has 0 spiro atoms. The number of halogens is 1. The second-order valence-electron chi connectivity index (χ2n) is 7.20. The lowest BCUT2D eigenvalue weighted by atomic mass is 10.0. The van der Waals surface area contributed by atoms with Crippen molar-refractivity contribution >= 4 is 58.3 Å². The van der Waals surface area contributed by atoms with Gasteiger partial charge in [-0.15, -0.1) is 11.3 Å². The molecule has 4 heteroatoms. The second-order valence-corrected chi connectivity index (χ2v) is 9.17. The highest BCUT2D eigenvalue weighted by Gasteiger charge is 2.16. The Hall–Kier alpha value is -3.08. The molecule has 0 aliphatic heterocycles. The van der Waals surface area contributed by atoms with Crippen LogP contribution in [0.4, 0.5) is 0 Å². The summed E-state index contributed by atoms with van der Waals surface area (Å²) < 4.78 is 3.58. The van der Waals surface area contributed by atoms with Crippen molar-refractivity contribution in [1.82, 2.24) is 9.97 Å². The number of nitrogens with zero attached hydrogens (tertiary/aromatic N) is 2. The van der Waals surface area contributed by atoms with Crippen LogP contribution >= 0.6 is 27.3 Å². The van der Waals surface area contributed by atoms with Crippen LogP contribution in [0.3, 0.4) is 0 Å². The van der Waals surface area contributed by atoms with Gasteiger partial charge in [0.15, 0.2) is 5.82 Å². The van der Waals surface area contributed by atoms with Crippen molar-refractivity contribution in [2.75, 3.05) is 0 Å². The Bertz CT molecular complexity index is 1570. The highest BCUT2D eigenvalue weighted by molar-refractivity contribution is 9.10. The van der Waals surface area contributed by atoms with Gasteiger partial charge in [0.1, 0.15) is 0 Å². The first-order valence-corrected chi connectivity index (χ1v) is 11.3. The van der Waals surface area contributed by atoms with Crippen molar-refractivity contribution in [3.63, 3.8) is 0 Å². The highest BCUT2D eigenvalue weighted by Crippen LogP contribution is 2.41. The summed E-state index contributed by atoms with van der Waals surface area (Å²) in [6.07, 6.45) is 0. The number of benzene rings is 4. The zero-order valence-electron chi connectivity index (χ0n) is 15.8. The van der Waals surface area contributed by atoms with Crippen LogP contribution in [0.15, 0.2) is 95.5 Å². The Morgan fingerprint density at radius 1 is 0.667 bits per heavy atom. The molecule has 30 heavy (non-hydrogen) atoms. The van der Waals surface area contributed by atoms with Crippen LogP contribution < -0.4 is 0 Å². The van der Waals surface area contributed by atoms with E-state index >= 15 is 0 Å². The number of rotatable bonds is 2. The van der Waals surface area contributed by atoms with Crippen molar-refractivity contribution < 1.29 is 0 Å². The molecule has 2 heterocycles. The Morgan fingerprint density at radius 2 is 1.43 bits per heavy atom. The Kier molecular flexibility index (Phi) is 4.15. The van der Waals surface area contributed by atoms with Crippen LogP contribution in [0.2, 0.25) is 0 Å². The predicted octanol–water partition coefficient (Wildman–Crippen LogP) is 8.09. The number of aromatic nitrogens is 2. The normalized spacial score (nSPS) is 11.5. The fourth-order valence-corrected chi connectivity index (χ4v) is 5.59. The summed E-state index contributed by atoms with van der Waals surface area (Å²) >= 11 is 5.40. The third kappa shape index (κ3) is 2.83. The molecule has 0 N–H and O–H groups in total. The maximum atomic E-state index is 5.08. The summed E-state index contributed by atoms with van der Waals surface area (Å²) in [7, 11) is 0. The van der Waals surface area contributed by atoms with Gasteiger partial charge < -0.3 is 0 Å². The smallest absolute Gasteiger partial charge is 0.160 e. The molecule has 2 aromatic heterocycles. The summed E-state index contributed by atoms with van der Waals surface area (Å²) in [5, 5.41) is 3.64. The minimum atomic E-state index is 0.739. The van der Waals surface area contributed by atoms with E-state index in [0.717, 1.165) is 38.0 Å². The van der Waals surface area contributed by atoms with Gasteiger partial charge >= 0.3 is 0 Å². The minimum Gasteiger partial charge on any atom is -0.228 e. The number of fused-ring (bicyclic) bond motifs is 4. The van der Waals surface area contributed by atoms with Crippen molar-refractivity contribution in [3.05, 3.63) is 95.5 Å². The lowest BCUT2D eigenvalue weighted by Crippen LogP contribution is -1.95.